The molecule has 0 bridgehead atoms. The zero-order valence-corrected chi connectivity index (χ0v) is 13.1. The van der Waals surface area contributed by atoms with Crippen LogP contribution in [0.25, 0.3) is 0 Å². The lowest BCUT2D eigenvalue weighted by molar-refractivity contribution is 0.0660. The summed E-state index contributed by atoms with van der Waals surface area (Å²) in [5, 5.41) is 0. The third-order valence-corrected chi connectivity index (χ3v) is 4.54. The number of rotatable bonds is 2. The second-order valence-corrected chi connectivity index (χ2v) is 6.30. The van der Waals surface area contributed by atoms with Gasteiger partial charge in [0.15, 0.2) is 0 Å². The summed E-state index contributed by atoms with van der Waals surface area (Å²) in [4.78, 5) is 14.3. The zero-order valence-electron chi connectivity index (χ0n) is 10.9. The van der Waals surface area contributed by atoms with Gasteiger partial charge in [-0.1, -0.05) is 0 Å². The van der Waals surface area contributed by atoms with Crippen LogP contribution >= 0.6 is 22.6 Å². The maximum Gasteiger partial charge on any atom is 0.254 e. The molecule has 2 atom stereocenters. The molecule has 2 N–H and O–H groups in total. The Hall–Kier alpha value is -0.690. The van der Waals surface area contributed by atoms with E-state index in [1.165, 1.54) is 12.1 Å². The molecule has 2 unspecified atom stereocenters. The molecule has 2 rings (SSSR count). The predicted octanol–water partition coefficient (Wildman–Crippen LogP) is 2.63. The summed E-state index contributed by atoms with van der Waals surface area (Å²) in [6.07, 6.45) is 2.05. The molecule has 19 heavy (non-hydrogen) atoms. The Bertz CT molecular complexity index is 479. The van der Waals surface area contributed by atoms with Crippen molar-refractivity contribution < 1.29 is 9.18 Å². The first-order valence-electron chi connectivity index (χ1n) is 6.49. The van der Waals surface area contributed by atoms with Crippen molar-refractivity contribution in [3.63, 3.8) is 0 Å². The SMILES string of the molecule is CC(N)C1CCCN(C(=O)c2ccc(F)cc2I)C1. The van der Waals surface area contributed by atoms with Crippen molar-refractivity contribution in [1.29, 1.82) is 0 Å². The molecule has 0 saturated carbocycles. The van der Waals surface area contributed by atoms with Gasteiger partial charge >= 0.3 is 0 Å². The summed E-state index contributed by atoms with van der Waals surface area (Å²) in [5.41, 5.74) is 6.51. The Morgan fingerprint density at radius 3 is 2.95 bits per heavy atom. The van der Waals surface area contributed by atoms with E-state index in [-0.39, 0.29) is 17.8 Å². The molecule has 5 heteroatoms. The van der Waals surface area contributed by atoms with E-state index < -0.39 is 0 Å². The number of halogens is 2. The fraction of sp³-hybridized carbons (Fsp3) is 0.500. The van der Waals surface area contributed by atoms with Crippen LogP contribution in [0.3, 0.4) is 0 Å². The molecule has 1 fully saturated rings. The highest BCUT2D eigenvalue weighted by molar-refractivity contribution is 14.1. The van der Waals surface area contributed by atoms with Crippen molar-refractivity contribution >= 4 is 28.5 Å². The van der Waals surface area contributed by atoms with Crippen molar-refractivity contribution in [2.45, 2.75) is 25.8 Å². The molecule has 3 nitrogen and oxygen atoms in total. The van der Waals surface area contributed by atoms with E-state index in [1.54, 1.807) is 6.07 Å². The van der Waals surface area contributed by atoms with Gasteiger partial charge in [-0.25, -0.2) is 4.39 Å². The standard InChI is InChI=1S/C14H18FIN2O/c1-9(17)10-3-2-6-18(8-10)14(19)12-5-4-11(15)7-13(12)16/h4-5,7,9-10H,2-3,6,8,17H2,1H3. The molecule has 104 valence electrons. The Morgan fingerprint density at radius 1 is 1.58 bits per heavy atom. The summed E-state index contributed by atoms with van der Waals surface area (Å²) in [6.45, 7) is 3.44. The highest BCUT2D eigenvalue weighted by atomic mass is 127. The molecule has 1 aliphatic heterocycles. The van der Waals surface area contributed by atoms with Crippen LogP contribution in [0.5, 0.6) is 0 Å². The monoisotopic (exact) mass is 376 g/mol. The van der Waals surface area contributed by atoms with Crippen LogP contribution in [0.1, 0.15) is 30.1 Å². The van der Waals surface area contributed by atoms with Gasteiger partial charge in [-0.3, -0.25) is 4.79 Å². The summed E-state index contributed by atoms with van der Waals surface area (Å²) in [5.74, 6) is 0.0265. The highest BCUT2D eigenvalue weighted by Gasteiger charge is 2.27. The maximum absolute atomic E-state index is 13.1. The second-order valence-electron chi connectivity index (χ2n) is 5.14. The number of nitrogens with zero attached hydrogens (tertiary/aromatic N) is 1. The lowest BCUT2D eigenvalue weighted by atomic mass is 9.92. The molecule has 1 aromatic rings. The summed E-state index contributed by atoms with van der Waals surface area (Å²) in [6, 6.07) is 4.39. The van der Waals surface area contributed by atoms with Gasteiger partial charge < -0.3 is 10.6 Å². The average molecular weight is 376 g/mol. The topological polar surface area (TPSA) is 46.3 Å². The fourth-order valence-corrected chi connectivity index (χ4v) is 3.16. The number of hydrogen-bond donors (Lipinski definition) is 1. The number of piperidine rings is 1. The van der Waals surface area contributed by atoms with E-state index >= 15 is 0 Å². The maximum atomic E-state index is 13.1. The third-order valence-electron chi connectivity index (χ3n) is 3.65. The molecule has 1 saturated heterocycles. The van der Waals surface area contributed by atoms with Crippen molar-refractivity contribution in [2.24, 2.45) is 11.7 Å². The van der Waals surface area contributed by atoms with E-state index in [1.807, 2.05) is 34.4 Å². The van der Waals surface area contributed by atoms with Crippen molar-refractivity contribution in [3.05, 3.63) is 33.1 Å². The Balaban J connectivity index is 2.15. The van der Waals surface area contributed by atoms with Crippen LogP contribution in [0.15, 0.2) is 18.2 Å². The normalized spacial score (nSPS) is 21.3. The van der Waals surface area contributed by atoms with E-state index in [0.29, 0.717) is 21.6 Å². The van der Waals surface area contributed by atoms with Gasteiger partial charge in [0.25, 0.3) is 5.91 Å². The summed E-state index contributed by atoms with van der Waals surface area (Å²) >= 11 is 2.00. The van der Waals surface area contributed by atoms with E-state index in [9.17, 15) is 9.18 Å². The second kappa shape index (κ2) is 6.17. The van der Waals surface area contributed by atoms with Crippen LogP contribution in [-0.2, 0) is 0 Å². The molecule has 1 heterocycles. The first-order valence-corrected chi connectivity index (χ1v) is 7.57. The van der Waals surface area contributed by atoms with Gasteiger partial charge in [-0.2, -0.15) is 0 Å². The molecule has 1 aliphatic rings. The van der Waals surface area contributed by atoms with Gasteiger partial charge in [-0.05, 0) is 66.5 Å². The van der Waals surface area contributed by atoms with Crippen LogP contribution in [0.4, 0.5) is 4.39 Å². The predicted molar refractivity (Wildman–Crippen MR) is 81.4 cm³/mol. The molecule has 0 spiro atoms. The van der Waals surface area contributed by atoms with Crippen molar-refractivity contribution in [2.75, 3.05) is 13.1 Å². The highest BCUT2D eigenvalue weighted by Crippen LogP contribution is 2.22. The molecule has 0 aliphatic carbocycles. The van der Waals surface area contributed by atoms with Gasteiger partial charge in [0.05, 0.1) is 5.56 Å². The van der Waals surface area contributed by atoms with Gasteiger partial charge in [0, 0.05) is 22.7 Å². The lowest BCUT2D eigenvalue weighted by Crippen LogP contribution is -2.45. The lowest BCUT2D eigenvalue weighted by Gasteiger charge is -2.34. The Morgan fingerprint density at radius 2 is 2.32 bits per heavy atom. The molecule has 0 aromatic heterocycles. The first-order chi connectivity index (χ1) is 8.99. The van der Waals surface area contributed by atoms with E-state index in [0.717, 1.165) is 19.4 Å². The summed E-state index contributed by atoms with van der Waals surface area (Å²) < 4.78 is 13.7. The van der Waals surface area contributed by atoms with Crippen LogP contribution in [0, 0.1) is 15.3 Å². The van der Waals surface area contributed by atoms with E-state index in [4.69, 9.17) is 5.73 Å². The Labute approximate surface area is 126 Å². The number of nitrogens with two attached hydrogens (primary N) is 1. The van der Waals surface area contributed by atoms with Gasteiger partial charge in [-0.15, -0.1) is 0 Å². The molecular formula is C14H18FIN2O. The van der Waals surface area contributed by atoms with Crippen LogP contribution in [-0.4, -0.2) is 29.9 Å². The minimum atomic E-state index is -0.312. The number of carbonyl (C=O) groups is 1. The van der Waals surface area contributed by atoms with Crippen molar-refractivity contribution in [3.8, 4) is 0 Å². The number of hydrogen-bond acceptors (Lipinski definition) is 2. The minimum absolute atomic E-state index is 0.0187. The molecule has 1 aromatic carbocycles. The fourth-order valence-electron chi connectivity index (χ4n) is 2.46. The third kappa shape index (κ3) is 3.45. The van der Waals surface area contributed by atoms with Crippen LogP contribution < -0.4 is 5.73 Å². The van der Waals surface area contributed by atoms with Gasteiger partial charge in [0.2, 0.25) is 0 Å². The molecular weight excluding hydrogens is 358 g/mol. The molecule has 0 radical (unpaired) electrons. The number of carbonyl (C=O) groups excluding carboxylic acids is 1. The molecule has 1 amide bonds. The number of benzene rings is 1. The van der Waals surface area contributed by atoms with Crippen molar-refractivity contribution in [1.82, 2.24) is 4.90 Å². The van der Waals surface area contributed by atoms with E-state index in [2.05, 4.69) is 0 Å². The van der Waals surface area contributed by atoms with Gasteiger partial charge in [0.1, 0.15) is 5.82 Å². The summed E-state index contributed by atoms with van der Waals surface area (Å²) in [7, 11) is 0. The van der Waals surface area contributed by atoms with Crippen LogP contribution in [0.2, 0.25) is 0 Å². The minimum Gasteiger partial charge on any atom is -0.338 e. The average Bonchev–Trinajstić information content (AvgIpc) is 2.38. The smallest absolute Gasteiger partial charge is 0.254 e. The quantitative estimate of drug-likeness (QED) is 0.807. The Kier molecular flexibility index (Phi) is 4.78. The first kappa shape index (κ1) is 14.7. The number of amides is 1. The zero-order chi connectivity index (χ0) is 14.0. The number of likely N-dealkylation sites (tertiary alicyclic amines) is 1. The largest absolute Gasteiger partial charge is 0.338 e.